The molecule has 0 fully saturated rings. The second-order valence-corrected chi connectivity index (χ2v) is 5.14. The first-order chi connectivity index (χ1) is 8.08. The molecule has 0 saturated heterocycles. The molecule has 0 aromatic heterocycles. The first-order valence-corrected chi connectivity index (χ1v) is 6.91. The zero-order chi connectivity index (χ0) is 12.8. The lowest BCUT2D eigenvalue weighted by molar-refractivity contribution is 0.321. The Balaban J connectivity index is 2.80. The van der Waals surface area contributed by atoms with Gasteiger partial charge in [0.25, 0.3) is 0 Å². The Morgan fingerprint density at radius 1 is 1.41 bits per heavy atom. The van der Waals surface area contributed by atoms with Gasteiger partial charge in [-0.2, -0.15) is 0 Å². The molecule has 17 heavy (non-hydrogen) atoms. The van der Waals surface area contributed by atoms with Gasteiger partial charge < -0.3 is 10.5 Å². The minimum atomic E-state index is -0.391. The van der Waals surface area contributed by atoms with E-state index in [2.05, 4.69) is 13.8 Å². The smallest absolute Gasteiger partial charge is 0.167 e. The van der Waals surface area contributed by atoms with Gasteiger partial charge in [-0.1, -0.05) is 20.3 Å². The summed E-state index contributed by atoms with van der Waals surface area (Å²) >= 11 is 1.66. The van der Waals surface area contributed by atoms with Crippen molar-refractivity contribution < 1.29 is 9.13 Å². The third kappa shape index (κ3) is 4.11. The third-order valence-corrected chi connectivity index (χ3v) is 3.98. The average Bonchev–Trinajstić information content (AvgIpc) is 2.30. The van der Waals surface area contributed by atoms with Crippen LogP contribution in [0.5, 0.6) is 5.75 Å². The molecular formula is C13H20FNOS. The van der Waals surface area contributed by atoms with Crippen molar-refractivity contribution >= 4 is 17.4 Å². The molecule has 1 aromatic carbocycles. The van der Waals surface area contributed by atoms with Gasteiger partial charge in [0, 0.05) is 22.4 Å². The van der Waals surface area contributed by atoms with Gasteiger partial charge in [-0.15, -0.1) is 11.8 Å². The number of halogens is 1. The SMILES string of the molecule is CCOc1cc(SCC(C)CC)c(N)cc1F. The van der Waals surface area contributed by atoms with E-state index in [1.807, 2.05) is 6.92 Å². The maximum absolute atomic E-state index is 13.5. The predicted octanol–water partition coefficient (Wildman–Crippen LogP) is 3.94. The molecule has 2 nitrogen and oxygen atoms in total. The second-order valence-electron chi connectivity index (χ2n) is 4.08. The first kappa shape index (κ1) is 14.2. The number of anilines is 1. The summed E-state index contributed by atoms with van der Waals surface area (Å²) in [4.78, 5) is 0.898. The highest BCUT2D eigenvalue weighted by Crippen LogP contribution is 2.32. The number of thioether (sulfide) groups is 1. The summed E-state index contributed by atoms with van der Waals surface area (Å²) in [5.41, 5.74) is 6.28. The van der Waals surface area contributed by atoms with Crippen molar-refractivity contribution in [3.8, 4) is 5.75 Å². The number of benzene rings is 1. The van der Waals surface area contributed by atoms with Crippen LogP contribution >= 0.6 is 11.8 Å². The Kier molecular flexibility index (Phi) is 5.62. The fraction of sp³-hybridized carbons (Fsp3) is 0.538. The molecule has 4 heteroatoms. The maximum atomic E-state index is 13.5. The van der Waals surface area contributed by atoms with Crippen LogP contribution in [0.25, 0.3) is 0 Å². The number of nitrogen functional groups attached to an aromatic ring is 1. The lowest BCUT2D eigenvalue weighted by Gasteiger charge is -2.12. The van der Waals surface area contributed by atoms with Crippen LogP contribution in [0.1, 0.15) is 27.2 Å². The van der Waals surface area contributed by atoms with Gasteiger partial charge >= 0.3 is 0 Å². The Morgan fingerprint density at radius 3 is 2.71 bits per heavy atom. The average molecular weight is 257 g/mol. The van der Waals surface area contributed by atoms with Crippen molar-refractivity contribution in [2.45, 2.75) is 32.1 Å². The van der Waals surface area contributed by atoms with Crippen molar-refractivity contribution in [2.24, 2.45) is 5.92 Å². The van der Waals surface area contributed by atoms with Crippen molar-refractivity contribution in [1.29, 1.82) is 0 Å². The van der Waals surface area contributed by atoms with E-state index in [4.69, 9.17) is 10.5 Å². The van der Waals surface area contributed by atoms with Gasteiger partial charge in [-0.3, -0.25) is 0 Å². The minimum Gasteiger partial charge on any atom is -0.491 e. The number of nitrogens with two attached hydrogens (primary N) is 1. The zero-order valence-corrected chi connectivity index (χ0v) is 11.4. The van der Waals surface area contributed by atoms with Gasteiger partial charge in [-0.25, -0.2) is 4.39 Å². The Morgan fingerprint density at radius 2 is 2.12 bits per heavy atom. The van der Waals surface area contributed by atoms with Crippen molar-refractivity contribution in [3.63, 3.8) is 0 Å². The molecule has 0 heterocycles. The highest BCUT2D eigenvalue weighted by atomic mass is 32.2. The molecule has 0 bridgehead atoms. The molecular weight excluding hydrogens is 237 g/mol. The molecule has 2 N–H and O–H groups in total. The van der Waals surface area contributed by atoms with Gasteiger partial charge in [0.05, 0.1) is 6.61 Å². The molecule has 1 aromatic rings. The summed E-state index contributed by atoms with van der Waals surface area (Å²) in [6, 6.07) is 3.03. The molecule has 0 aliphatic rings. The van der Waals surface area contributed by atoms with Crippen molar-refractivity contribution in [2.75, 3.05) is 18.1 Å². The lowest BCUT2D eigenvalue weighted by Crippen LogP contribution is -2.00. The van der Waals surface area contributed by atoms with E-state index in [-0.39, 0.29) is 5.75 Å². The second kappa shape index (κ2) is 6.74. The summed E-state index contributed by atoms with van der Waals surface area (Å²) < 4.78 is 18.7. The molecule has 1 atom stereocenters. The highest BCUT2D eigenvalue weighted by Gasteiger charge is 2.10. The summed E-state index contributed by atoms with van der Waals surface area (Å²) in [6.45, 7) is 6.64. The fourth-order valence-corrected chi connectivity index (χ4v) is 2.41. The van der Waals surface area contributed by atoms with Crippen LogP contribution in [-0.2, 0) is 0 Å². The molecule has 0 aliphatic heterocycles. The maximum Gasteiger partial charge on any atom is 0.167 e. The monoisotopic (exact) mass is 257 g/mol. The quantitative estimate of drug-likeness (QED) is 0.619. The minimum absolute atomic E-state index is 0.286. The number of ether oxygens (including phenoxy) is 1. The van der Waals surface area contributed by atoms with Gasteiger partial charge in [0.15, 0.2) is 11.6 Å². The van der Waals surface area contributed by atoms with E-state index < -0.39 is 5.82 Å². The first-order valence-electron chi connectivity index (χ1n) is 5.93. The number of rotatable bonds is 6. The summed E-state index contributed by atoms with van der Waals surface area (Å²) in [7, 11) is 0. The normalized spacial score (nSPS) is 12.5. The molecule has 96 valence electrons. The van der Waals surface area contributed by atoms with Gasteiger partial charge in [-0.05, 0) is 18.9 Å². The van der Waals surface area contributed by atoms with Crippen LogP contribution in [0.4, 0.5) is 10.1 Å². The third-order valence-electron chi connectivity index (χ3n) is 2.58. The van der Waals surface area contributed by atoms with Gasteiger partial charge in [0.1, 0.15) is 0 Å². The predicted molar refractivity (Wildman–Crippen MR) is 72.2 cm³/mol. The van der Waals surface area contributed by atoms with E-state index in [9.17, 15) is 4.39 Å². The molecule has 0 saturated carbocycles. The van der Waals surface area contributed by atoms with Crippen LogP contribution in [0, 0.1) is 11.7 Å². The number of hydrogen-bond acceptors (Lipinski definition) is 3. The van der Waals surface area contributed by atoms with Crippen molar-refractivity contribution in [3.05, 3.63) is 17.9 Å². The van der Waals surface area contributed by atoms with E-state index in [0.29, 0.717) is 18.2 Å². The Bertz CT molecular complexity index is 371. The molecule has 1 unspecified atom stereocenters. The summed E-state index contributed by atoms with van der Waals surface area (Å²) in [5, 5.41) is 0. The largest absolute Gasteiger partial charge is 0.491 e. The number of hydrogen-bond donors (Lipinski definition) is 1. The highest BCUT2D eigenvalue weighted by molar-refractivity contribution is 7.99. The molecule has 0 amide bonds. The fourth-order valence-electron chi connectivity index (χ4n) is 1.29. The van der Waals surface area contributed by atoms with E-state index >= 15 is 0 Å². The molecule has 0 radical (unpaired) electrons. The molecule has 1 rings (SSSR count). The van der Waals surface area contributed by atoms with Crippen LogP contribution in [-0.4, -0.2) is 12.4 Å². The van der Waals surface area contributed by atoms with E-state index in [1.54, 1.807) is 17.8 Å². The van der Waals surface area contributed by atoms with Crippen LogP contribution in [0.3, 0.4) is 0 Å². The zero-order valence-electron chi connectivity index (χ0n) is 10.6. The summed E-state index contributed by atoms with van der Waals surface area (Å²) in [5.74, 6) is 1.50. The Labute approximate surface area is 107 Å². The van der Waals surface area contributed by atoms with Gasteiger partial charge in [0.2, 0.25) is 0 Å². The molecule has 0 spiro atoms. The summed E-state index contributed by atoms with van der Waals surface area (Å²) in [6.07, 6.45) is 1.13. The Hall–Kier alpha value is -0.900. The van der Waals surface area contributed by atoms with Crippen LogP contribution < -0.4 is 10.5 Å². The van der Waals surface area contributed by atoms with Crippen molar-refractivity contribution in [1.82, 2.24) is 0 Å². The van der Waals surface area contributed by atoms with Crippen LogP contribution in [0.15, 0.2) is 17.0 Å². The van der Waals surface area contributed by atoms with E-state index in [0.717, 1.165) is 17.1 Å². The topological polar surface area (TPSA) is 35.2 Å². The van der Waals surface area contributed by atoms with Crippen LogP contribution in [0.2, 0.25) is 0 Å². The van der Waals surface area contributed by atoms with E-state index in [1.165, 1.54) is 6.07 Å². The molecule has 0 aliphatic carbocycles. The standard InChI is InChI=1S/C13H20FNOS/c1-4-9(3)8-17-13-7-12(16-5-2)10(14)6-11(13)15/h6-7,9H,4-5,8,15H2,1-3H3. The lowest BCUT2D eigenvalue weighted by atomic mass is 10.2.